The SMILES string of the molecule is COc1ccccc1O[C@@H](C)C(=O)N1CCN(S(=O)(=O)c2ccccc2)CC1. The molecule has 28 heavy (non-hydrogen) atoms. The summed E-state index contributed by atoms with van der Waals surface area (Å²) < 4.78 is 37.8. The van der Waals surface area contributed by atoms with Gasteiger partial charge in [-0.05, 0) is 31.2 Å². The van der Waals surface area contributed by atoms with Crippen LogP contribution in [0.1, 0.15) is 6.92 Å². The first-order valence-corrected chi connectivity index (χ1v) is 10.5. The van der Waals surface area contributed by atoms with Crippen LogP contribution in [0.4, 0.5) is 0 Å². The number of hydrogen-bond donors (Lipinski definition) is 0. The van der Waals surface area contributed by atoms with Crippen molar-refractivity contribution in [2.24, 2.45) is 0 Å². The van der Waals surface area contributed by atoms with E-state index >= 15 is 0 Å². The molecule has 0 aromatic heterocycles. The molecule has 2 aromatic carbocycles. The number of sulfonamides is 1. The second-order valence-electron chi connectivity index (χ2n) is 6.45. The Kier molecular flexibility index (Phi) is 6.21. The molecular formula is C20H24N2O5S. The number of hydrogen-bond acceptors (Lipinski definition) is 5. The topological polar surface area (TPSA) is 76.2 Å². The van der Waals surface area contributed by atoms with E-state index in [0.717, 1.165) is 0 Å². The molecule has 0 bridgehead atoms. The molecule has 1 heterocycles. The molecule has 1 aliphatic rings. The number of amides is 1. The van der Waals surface area contributed by atoms with E-state index in [9.17, 15) is 13.2 Å². The van der Waals surface area contributed by atoms with Gasteiger partial charge in [-0.25, -0.2) is 8.42 Å². The highest BCUT2D eigenvalue weighted by Crippen LogP contribution is 2.27. The zero-order valence-electron chi connectivity index (χ0n) is 15.9. The van der Waals surface area contributed by atoms with Gasteiger partial charge in [0.1, 0.15) is 0 Å². The molecule has 3 rings (SSSR count). The summed E-state index contributed by atoms with van der Waals surface area (Å²) in [6, 6.07) is 15.5. The Morgan fingerprint density at radius 3 is 2.11 bits per heavy atom. The number of benzene rings is 2. The summed E-state index contributed by atoms with van der Waals surface area (Å²) in [7, 11) is -2.00. The van der Waals surface area contributed by atoms with E-state index in [1.165, 1.54) is 4.31 Å². The minimum atomic E-state index is -3.54. The fraction of sp³-hybridized carbons (Fsp3) is 0.350. The molecule has 0 aliphatic carbocycles. The number of rotatable bonds is 6. The van der Waals surface area contributed by atoms with Gasteiger partial charge in [-0.1, -0.05) is 30.3 Å². The highest BCUT2D eigenvalue weighted by Gasteiger charge is 2.32. The van der Waals surface area contributed by atoms with Gasteiger partial charge in [-0.15, -0.1) is 0 Å². The highest BCUT2D eigenvalue weighted by molar-refractivity contribution is 7.89. The molecule has 7 nitrogen and oxygen atoms in total. The van der Waals surface area contributed by atoms with Crippen LogP contribution in [-0.2, 0) is 14.8 Å². The van der Waals surface area contributed by atoms with Crippen LogP contribution in [0.15, 0.2) is 59.5 Å². The molecule has 1 fully saturated rings. The van der Waals surface area contributed by atoms with Gasteiger partial charge in [0.25, 0.3) is 5.91 Å². The van der Waals surface area contributed by atoms with Crippen molar-refractivity contribution < 1.29 is 22.7 Å². The minimum Gasteiger partial charge on any atom is -0.493 e. The second-order valence-corrected chi connectivity index (χ2v) is 8.39. The summed E-state index contributed by atoms with van der Waals surface area (Å²) in [5.41, 5.74) is 0. The Morgan fingerprint density at radius 1 is 0.929 bits per heavy atom. The third-order valence-electron chi connectivity index (χ3n) is 4.65. The van der Waals surface area contributed by atoms with Gasteiger partial charge in [0, 0.05) is 26.2 Å². The fourth-order valence-electron chi connectivity index (χ4n) is 3.10. The zero-order valence-corrected chi connectivity index (χ0v) is 16.8. The molecule has 0 radical (unpaired) electrons. The van der Waals surface area contributed by atoms with Crippen LogP contribution in [-0.4, -0.2) is 62.9 Å². The molecule has 8 heteroatoms. The average molecular weight is 404 g/mol. The van der Waals surface area contributed by atoms with E-state index < -0.39 is 16.1 Å². The fourth-order valence-corrected chi connectivity index (χ4v) is 4.55. The number of para-hydroxylation sites is 2. The van der Waals surface area contributed by atoms with E-state index in [2.05, 4.69) is 0 Å². The molecule has 1 amide bonds. The summed E-state index contributed by atoms with van der Waals surface area (Å²) >= 11 is 0. The minimum absolute atomic E-state index is 0.178. The van der Waals surface area contributed by atoms with Crippen molar-refractivity contribution in [1.29, 1.82) is 0 Å². The van der Waals surface area contributed by atoms with E-state index in [0.29, 0.717) is 24.6 Å². The van der Waals surface area contributed by atoms with E-state index in [-0.39, 0.29) is 23.9 Å². The van der Waals surface area contributed by atoms with Crippen molar-refractivity contribution in [1.82, 2.24) is 9.21 Å². The maximum absolute atomic E-state index is 12.7. The van der Waals surface area contributed by atoms with Crippen molar-refractivity contribution in [3.63, 3.8) is 0 Å². The smallest absolute Gasteiger partial charge is 0.263 e. The van der Waals surface area contributed by atoms with Crippen molar-refractivity contribution in [3.05, 3.63) is 54.6 Å². The number of carbonyl (C=O) groups excluding carboxylic acids is 1. The van der Waals surface area contributed by atoms with Gasteiger partial charge in [-0.3, -0.25) is 4.79 Å². The standard InChI is InChI=1S/C20H24N2O5S/c1-16(27-19-11-7-6-10-18(19)26-2)20(23)21-12-14-22(15-13-21)28(24,25)17-8-4-3-5-9-17/h3-11,16H,12-15H2,1-2H3/t16-/m0/s1. The summed E-state index contributed by atoms with van der Waals surface area (Å²) in [6.45, 7) is 2.84. The molecular weight excluding hydrogens is 380 g/mol. The molecule has 0 spiro atoms. The van der Waals surface area contributed by atoms with Crippen LogP contribution in [0.3, 0.4) is 0 Å². The third kappa shape index (κ3) is 4.28. The molecule has 150 valence electrons. The summed E-state index contributed by atoms with van der Waals surface area (Å²) in [5, 5.41) is 0. The van der Waals surface area contributed by atoms with Gasteiger partial charge in [0.2, 0.25) is 10.0 Å². The largest absolute Gasteiger partial charge is 0.493 e. The van der Waals surface area contributed by atoms with Gasteiger partial charge >= 0.3 is 0 Å². The third-order valence-corrected chi connectivity index (χ3v) is 6.56. The molecule has 0 saturated carbocycles. The van der Waals surface area contributed by atoms with Crippen LogP contribution < -0.4 is 9.47 Å². The molecule has 1 saturated heterocycles. The predicted molar refractivity (Wildman–Crippen MR) is 105 cm³/mol. The summed E-state index contributed by atoms with van der Waals surface area (Å²) in [4.78, 5) is 14.6. The van der Waals surface area contributed by atoms with Gasteiger partial charge in [0.15, 0.2) is 17.6 Å². The lowest BCUT2D eigenvalue weighted by molar-refractivity contribution is -0.139. The number of carbonyl (C=O) groups is 1. The zero-order chi connectivity index (χ0) is 20.1. The summed E-state index contributed by atoms with van der Waals surface area (Å²) in [6.07, 6.45) is -0.700. The first-order chi connectivity index (χ1) is 13.4. The normalized spacial score (nSPS) is 16.4. The maximum atomic E-state index is 12.7. The first kappa shape index (κ1) is 20.2. The van der Waals surface area contributed by atoms with Gasteiger partial charge < -0.3 is 14.4 Å². The van der Waals surface area contributed by atoms with Crippen LogP contribution in [0.25, 0.3) is 0 Å². The number of ether oxygens (including phenoxy) is 2. The Hall–Kier alpha value is -2.58. The molecule has 2 aromatic rings. The van der Waals surface area contributed by atoms with Crippen molar-refractivity contribution in [3.8, 4) is 11.5 Å². The second kappa shape index (κ2) is 8.62. The lowest BCUT2D eigenvalue weighted by Crippen LogP contribution is -2.53. The first-order valence-electron chi connectivity index (χ1n) is 9.07. The molecule has 0 unspecified atom stereocenters. The Balaban J connectivity index is 1.60. The van der Waals surface area contributed by atoms with Crippen LogP contribution in [0, 0.1) is 0 Å². The predicted octanol–water partition coefficient (Wildman–Crippen LogP) is 2.00. The Bertz CT molecular complexity index is 909. The monoisotopic (exact) mass is 404 g/mol. The highest BCUT2D eigenvalue weighted by atomic mass is 32.2. The van der Waals surface area contributed by atoms with E-state index in [1.54, 1.807) is 61.4 Å². The Labute approximate surface area is 165 Å². The van der Waals surface area contributed by atoms with Crippen molar-refractivity contribution >= 4 is 15.9 Å². The number of nitrogens with zero attached hydrogens (tertiary/aromatic N) is 2. The molecule has 1 atom stereocenters. The summed E-state index contributed by atoms with van der Waals surface area (Å²) in [5.74, 6) is 0.875. The van der Waals surface area contributed by atoms with Crippen molar-refractivity contribution in [2.45, 2.75) is 17.9 Å². The average Bonchev–Trinajstić information content (AvgIpc) is 2.74. The van der Waals surface area contributed by atoms with Crippen molar-refractivity contribution in [2.75, 3.05) is 33.3 Å². The quantitative estimate of drug-likeness (QED) is 0.736. The number of methoxy groups -OCH3 is 1. The lowest BCUT2D eigenvalue weighted by atomic mass is 10.2. The van der Waals surface area contributed by atoms with Gasteiger partial charge in [0.05, 0.1) is 12.0 Å². The van der Waals surface area contributed by atoms with Gasteiger partial charge in [-0.2, -0.15) is 4.31 Å². The Morgan fingerprint density at radius 2 is 1.50 bits per heavy atom. The maximum Gasteiger partial charge on any atom is 0.263 e. The van der Waals surface area contributed by atoms with Crippen LogP contribution in [0.5, 0.6) is 11.5 Å². The van der Waals surface area contributed by atoms with E-state index in [4.69, 9.17) is 9.47 Å². The van der Waals surface area contributed by atoms with E-state index in [1.807, 2.05) is 12.1 Å². The van der Waals surface area contributed by atoms with Crippen LogP contribution in [0.2, 0.25) is 0 Å². The number of piperazine rings is 1. The van der Waals surface area contributed by atoms with Crippen LogP contribution >= 0.6 is 0 Å². The molecule has 1 aliphatic heterocycles. The molecule has 0 N–H and O–H groups in total. The lowest BCUT2D eigenvalue weighted by Gasteiger charge is -2.35.